The van der Waals surface area contributed by atoms with Crippen molar-refractivity contribution in [1.29, 1.82) is 0 Å². The van der Waals surface area contributed by atoms with Gasteiger partial charge in [0.1, 0.15) is 0 Å². The van der Waals surface area contributed by atoms with E-state index in [1.165, 1.54) is 0 Å². The van der Waals surface area contributed by atoms with Gasteiger partial charge in [0, 0.05) is 27.4 Å². The summed E-state index contributed by atoms with van der Waals surface area (Å²) < 4.78 is 22.3. The van der Waals surface area contributed by atoms with Crippen molar-refractivity contribution in [3.63, 3.8) is 0 Å². The van der Waals surface area contributed by atoms with E-state index in [0.29, 0.717) is 0 Å². The van der Waals surface area contributed by atoms with E-state index in [1.807, 2.05) is 0 Å². The lowest BCUT2D eigenvalue weighted by molar-refractivity contribution is 0.125. The van der Waals surface area contributed by atoms with Crippen LogP contribution in [0.25, 0.3) is 0 Å². The lowest BCUT2D eigenvalue weighted by atomic mass is 10.9. The van der Waals surface area contributed by atoms with Crippen molar-refractivity contribution in [3.05, 3.63) is 0 Å². The van der Waals surface area contributed by atoms with Crippen LogP contribution in [0.2, 0.25) is 38.3 Å². The molecule has 0 amide bonds. The standard InChI is InChI=1S/C9H26O4Si3/c1-10-16(11-2,12-3)9-8-15(6,7)13-14(4)5/h14H,8-9H2,1-7H3. The molecule has 0 aliphatic heterocycles. The molecule has 0 atom stereocenters. The van der Waals surface area contributed by atoms with E-state index in [1.54, 1.807) is 21.3 Å². The smallest absolute Gasteiger partial charge is 0.458 e. The van der Waals surface area contributed by atoms with Gasteiger partial charge in [-0.3, -0.25) is 0 Å². The first-order valence-electron chi connectivity index (χ1n) is 5.64. The normalized spacial score (nSPS) is 13.5. The Balaban J connectivity index is 4.29. The quantitative estimate of drug-likeness (QED) is 0.639. The van der Waals surface area contributed by atoms with Gasteiger partial charge in [0.15, 0.2) is 17.4 Å². The van der Waals surface area contributed by atoms with E-state index in [2.05, 4.69) is 26.2 Å². The van der Waals surface area contributed by atoms with Crippen LogP contribution in [0.4, 0.5) is 0 Å². The Kier molecular flexibility index (Phi) is 7.26. The minimum absolute atomic E-state index is 0.844. The second-order valence-electron chi connectivity index (χ2n) is 4.72. The van der Waals surface area contributed by atoms with Gasteiger partial charge >= 0.3 is 8.80 Å². The third kappa shape index (κ3) is 5.71. The second kappa shape index (κ2) is 7.04. The minimum Gasteiger partial charge on any atom is -0.458 e. The summed E-state index contributed by atoms with van der Waals surface area (Å²) in [6.07, 6.45) is 0. The van der Waals surface area contributed by atoms with Gasteiger partial charge in [0.05, 0.1) is 0 Å². The number of hydrogen-bond donors (Lipinski definition) is 0. The fraction of sp³-hybridized carbons (Fsp3) is 1.00. The molecule has 0 saturated carbocycles. The molecule has 0 aromatic carbocycles. The topological polar surface area (TPSA) is 36.9 Å². The summed E-state index contributed by atoms with van der Waals surface area (Å²) in [5, 5.41) is 0. The van der Waals surface area contributed by atoms with Crippen molar-refractivity contribution < 1.29 is 17.4 Å². The molecular formula is C9H26O4Si3. The van der Waals surface area contributed by atoms with Crippen LogP contribution in [0.3, 0.4) is 0 Å². The largest absolute Gasteiger partial charge is 0.499 e. The highest BCUT2D eigenvalue weighted by atomic mass is 28.4. The van der Waals surface area contributed by atoms with Gasteiger partial charge in [-0.1, -0.05) is 0 Å². The van der Waals surface area contributed by atoms with E-state index >= 15 is 0 Å². The molecule has 0 aliphatic rings. The predicted octanol–water partition coefficient (Wildman–Crippen LogP) is 2.07. The molecule has 7 heteroatoms. The van der Waals surface area contributed by atoms with E-state index < -0.39 is 26.2 Å². The molecule has 0 bridgehead atoms. The number of rotatable bonds is 8. The first-order chi connectivity index (χ1) is 7.31. The molecule has 0 unspecified atom stereocenters. The van der Waals surface area contributed by atoms with Crippen LogP contribution in [0.1, 0.15) is 0 Å². The SMILES string of the molecule is CO[Si](CC[Si](C)(C)O[SiH](C)C)(OC)OC. The third-order valence-corrected chi connectivity index (χ3v) is 11.6. The lowest BCUT2D eigenvalue weighted by Crippen LogP contribution is -2.45. The van der Waals surface area contributed by atoms with Gasteiger partial charge in [0.25, 0.3) is 0 Å². The van der Waals surface area contributed by atoms with E-state index in [-0.39, 0.29) is 0 Å². The zero-order valence-corrected chi connectivity index (χ0v) is 14.8. The zero-order valence-electron chi connectivity index (χ0n) is 11.6. The fourth-order valence-electron chi connectivity index (χ4n) is 1.71. The maximum absolute atomic E-state index is 6.10. The summed E-state index contributed by atoms with van der Waals surface area (Å²) in [4.78, 5) is 0. The Hall–Kier alpha value is 0.491. The van der Waals surface area contributed by atoms with Crippen molar-refractivity contribution in [3.8, 4) is 0 Å². The Labute approximate surface area is 103 Å². The number of hydrogen-bond acceptors (Lipinski definition) is 4. The van der Waals surface area contributed by atoms with Crippen LogP contribution in [0, 0.1) is 0 Å². The maximum atomic E-state index is 6.10. The van der Waals surface area contributed by atoms with Crippen molar-refractivity contribution in [1.82, 2.24) is 0 Å². The molecule has 0 heterocycles. The van der Waals surface area contributed by atoms with E-state index in [0.717, 1.165) is 12.1 Å². The second-order valence-corrected chi connectivity index (χ2v) is 14.9. The van der Waals surface area contributed by atoms with Crippen LogP contribution < -0.4 is 0 Å². The highest BCUT2D eigenvalue weighted by Crippen LogP contribution is 2.23. The summed E-state index contributed by atoms with van der Waals surface area (Å²) in [5.41, 5.74) is 0. The molecule has 98 valence electrons. The summed E-state index contributed by atoms with van der Waals surface area (Å²) in [6.45, 7) is 8.92. The molecule has 0 aliphatic carbocycles. The maximum Gasteiger partial charge on any atom is 0.499 e. The molecule has 0 rings (SSSR count). The average molecular weight is 283 g/mol. The molecule has 0 aromatic heterocycles. The first kappa shape index (κ1) is 16.5. The molecular weight excluding hydrogens is 256 g/mol. The van der Waals surface area contributed by atoms with Crippen LogP contribution >= 0.6 is 0 Å². The zero-order chi connectivity index (χ0) is 12.8. The van der Waals surface area contributed by atoms with E-state index in [9.17, 15) is 0 Å². The van der Waals surface area contributed by atoms with Crippen LogP contribution in [-0.2, 0) is 17.4 Å². The van der Waals surface area contributed by atoms with Crippen molar-refractivity contribution in [2.24, 2.45) is 0 Å². The fourth-order valence-corrected chi connectivity index (χ4v) is 12.0. The van der Waals surface area contributed by atoms with Crippen molar-refractivity contribution >= 4 is 26.2 Å². The van der Waals surface area contributed by atoms with Gasteiger partial charge in [-0.15, -0.1) is 0 Å². The summed E-state index contributed by atoms with van der Waals surface area (Å²) in [6, 6.07) is 1.87. The molecule has 0 aromatic rings. The van der Waals surface area contributed by atoms with Crippen LogP contribution in [-0.4, -0.2) is 47.5 Å². The first-order valence-corrected chi connectivity index (χ1v) is 13.5. The highest BCUT2D eigenvalue weighted by Gasteiger charge is 2.40. The third-order valence-electron chi connectivity index (χ3n) is 2.52. The predicted molar refractivity (Wildman–Crippen MR) is 73.8 cm³/mol. The highest BCUT2D eigenvalue weighted by molar-refractivity contribution is 6.79. The van der Waals surface area contributed by atoms with Crippen molar-refractivity contribution in [2.75, 3.05) is 21.3 Å². The van der Waals surface area contributed by atoms with E-state index in [4.69, 9.17) is 17.4 Å². The summed E-state index contributed by atoms with van der Waals surface area (Å²) in [5.74, 6) is 0. The average Bonchev–Trinajstić information content (AvgIpc) is 2.19. The van der Waals surface area contributed by atoms with Crippen LogP contribution in [0.15, 0.2) is 0 Å². The molecule has 16 heavy (non-hydrogen) atoms. The monoisotopic (exact) mass is 282 g/mol. The lowest BCUT2D eigenvalue weighted by Gasteiger charge is -2.30. The Morgan fingerprint density at radius 3 is 1.62 bits per heavy atom. The van der Waals surface area contributed by atoms with Crippen LogP contribution in [0.5, 0.6) is 0 Å². The van der Waals surface area contributed by atoms with Gasteiger partial charge in [-0.25, -0.2) is 0 Å². The Morgan fingerprint density at radius 1 is 0.875 bits per heavy atom. The summed E-state index contributed by atoms with van der Waals surface area (Å²) >= 11 is 0. The Bertz CT molecular complexity index is 187. The molecule has 0 saturated heterocycles. The molecule has 0 radical (unpaired) electrons. The summed E-state index contributed by atoms with van der Waals surface area (Å²) in [7, 11) is 0.0460. The Morgan fingerprint density at radius 2 is 1.31 bits per heavy atom. The molecule has 4 nitrogen and oxygen atoms in total. The van der Waals surface area contributed by atoms with Gasteiger partial charge < -0.3 is 17.4 Å². The molecule has 0 N–H and O–H groups in total. The van der Waals surface area contributed by atoms with Gasteiger partial charge in [-0.05, 0) is 32.2 Å². The van der Waals surface area contributed by atoms with Gasteiger partial charge in [0.2, 0.25) is 0 Å². The van der Waals surface area contributed by atoms with Crippen molar-refractivity contribution in [2.45, 2.75) is 38.3 Å². The molecule has 0 spiro atoms. The van der Waals surface area contributed by atoms with Gasteiger partial charge in [-0.2, -0.15) is 0 Å². The molecule has 0 fully saturated rings. The minimum atomic E-state index is -2.41.